The Morgan fingerprint density at radius 2 is 2.00 bits per heavy atom. The number of anilines is 1. The highest BCUT2D eigenvalue weighted by Crippen LogP contribution is 2.25. The number of carbonyl (C=O) groups is 1. The molecule has 6 heteroatoms. The molecule has 0 radical (unpaired) electrons. The third-order valence-electron chi connectivity index (χ3n) is 3.92. The van der Waals surface area contributed by atoms with E-state index in [1.54, 1.807) is 17.4 Å². The zero-order chi connectivity index (χ0) is 17.6. The van der Waals surface area contributed by atoms with E-state index in [-0.39, 0.29) is 11.9 Å². The van der Waals surface area contributed by atoms with Crippen molar-refractivity contribution >= 4 is 22.9 Å². The summed E-state index contributed by atoms with van der Waals surface area (Å²) in [6, 6.07) is 15.7. The largest absolute Gasteiger partial charge is 0.380 e. The van der Waals surface area contributed by atoms with Crippen LogP contribution in [0.3, 0.4) is 0 Å². The fourth-order valence-corrected chi connectivity index (χ4v) is 3.09. The minimum absolute atomic E-state index is 0.120. The number of rotatable bonds is 7. The molecule has 3 rings (SSSR count). The molecule has 3 aromatic rings. The van der Waals surface area contributed by atoms with Crippen LogP contribution in [0.4, 0.5) is 5.69 Å². The Kier molecular flexibility index (Phi) is 5.50. The molecule has 5 nitrogen and oxygen atoms in total. The lowest BCUT2D eigenvalue weighted by Crippen LogP contribution is -2.39. The third-order valence-corrected chi connectivity index (χ3v) is 4.80. The molecule has 0 spiro atoms. The van der Waals surface area contributed by atoms with E-state index in [0.29, 0.717) is 23.9 Å². The van der Waals surface area contributed by atoms with E-state index < -0.39 is 0 Å². The molecule has 0 saturated carbocycles. The minimum atomic E-state index is -0.230. The molecule has 1 unspecified atom stereocenters. The fourth-order valence-electron chi connectivity index (χ4n) is 2.41. The van der Waals surface area contributed by atoms with Crippen molar-refractivity contribution in [2.75, 3.05) is 11.9 Å². The van der Waals surface area contributed by atoms with Crippen molar-refractivity contribution in [3.05, 3.63) is 59.6 Å². The summed E-state index contributed by atoms with van der Waals surface area (Å²) in [4.78, 5) is 13.3. The normalized spacial score (nSPS) is 12.1. The maximum atomic E-state index is 12.3. The highest BCUT2D eigenvalue weighted by molar-refractivity contribution is 7.13. The Morgan fingerprint density at radius 3 is 2.68 bits per heavy atom. The van der Waals surface area contributed by atoms with Crippen LogP contribution in [0.15, 0.2) is 58.4 Å². The van der Waals surface area contributed by atoms with Crippen molar-refractivity contribution in [3.8, 4) is 10.6 Å². The zero-order valence-electron chi connectivity index (χ0n) is 14.2. The number of carbonyl (C=O) groups excluding carboxylic acids is 1. The molecule has 1 amide bonds. The number of para-hydroxylation sites is 1. The molecule has 1 atom stereocenters. The van der Waals surface area contributed by atoms with Crippen LogP contribution in [0.25, 0.3) is 10.6 Å². The predicted molar refractivity (Wildman–Crippen MR) is 101 cm³/mol. The Bertz CT molecular complexity index is 797. The standard InChI is InChI=1S/C19H21N3O2S/c1-13(2)16(21-14-7-4-3-5-8-14)12-20-19(23)15-11-17(24-22-15)18-9-6-10-25-18/h3-11,13,16,21H,12H2,1-2H3,(H,20,23). The first-order valence-electron chi connectivity index (χ1n) is 8.24. The van der Waals surface area contributed by atoms with Gasteiger partial charge in [-0.1, -0.05) is 43.3 Å². The van der Waals surface area contributed by atoms with Crippen LogP contribution in [-0.4, -0.2) is 23.7 Å². The highest BCUT2D eigenvalue weighted by atomic mass is 32.1. The number of benzene rings is 1. The quantitative estimate of drug-likeness (QED) is 0.664. The Labute approximate surface area is 151 Å². The van der Waals surface area contributed by atoms with Gasteiger partial charge in [0.1, 0.15) is 0 Å². The molecule has 0 aliphatic rings. The first-order valence-corrected chi connectivity index (χ1v) is 9.12. The summed E-state index contributed by atoms with van der Waals surface area (Å²) in [5.74, 6) is 0.745. The molecular formula is C19H21N3O2S. The molecule has 0 saturated heterocycles. The monoisotopic (exact) mass is 355 g/mol. The number of amides is 1. The second-order valence-electron chi connectivity index (χ2n) is 6.12. The Morgan fingerprint density at radius 1 is 1.20 bits per heavy atom. The SMILES string of the molecule is CC(C)C(CNC(=O)c1cc(-c2cccs2)on1)Nc1ccccc1. The maximum Gasteiger partial charge on any atom is 0.273 e. The summed E-state index contributed by atoms with van der Waals surface area (Å²) < 4.78 is 5.26. The van der Waals surface area contributed by atoms with Gasteiger partial charge in [0.05, 0.1) is 4.88 Å². The first kappa shape index (κ1) is 17.2. The van der Waals surface area contributed by atoms with Crippen LogP contribution in [0.5, 0.6) is 0 Å². The van der Waals surface area contributed by atoms with Crippen LogP contribution in [0.2, 0.25) is 0 Å². The van der Waals surface area contributed by atoms with Gasteiger partial charge in [-0.05, 0) is 29.5 Å². The Hall–Kier alpha value is -2.60. The van der Waals surface area contributed by atoms with E-state index >= 15 is 0 Å². The summed E-state index contributed by atoms with van der Waals surface area (Å²) >= 11 is 1.55. The highest BCUT2D eigenvalue weighted by Gasteiger charge is 2.18. The van der Waals surface area contributed by atoms with E-state index in [1.165, 1.54) is 0 Å². The van der Waals surface area contributed by atoms with Crippen LogP contribution in [0.1, 0.15) is 24.3 Å². The summed E-state index contributed by atoms with van der Waals surface area (Å²) in [6.07, 6.45) is 0. The van der Waals surface area contributed by atoms with E-state index in [1.807, 2.05) is 47.8 Å². The number of aromatic nitrogens is 1. The maximum absolute atomic E-state index is 12.3. The van der Waals surface area contributed by atoms with Gasteiger partial charge in [0.25, 0.3) is 5.91 Å². The molecule has 2 N–H and O–H groups in total. The van der Waals surface area contributed by atoms with Crippen molar-refractivity contribution < 1.29 is 9.32 Å². The third kappa shape index (κ3) is 4.48. The number of nitrogens with one attached hydrogen (secondary N) is 2. The molecular weight excluding hydrogens is 334 g/mol. The van der Waals surface area contributed by atoms with Crippen molar-refractivity contribution in [1.29, 1.82) is 0 Å². The van der Waals surface area contributed by atoms with Gasteiger partial charge in [-0.25, -0.2) is 0 Å². The van der Waals surface area contributed by atoms with Crippen LogP contribution in [-0.2, 0) is 0 Å². The molecule has 0 aliphatic carbocycles. The number of hydrogen-bond acceptors (Lipinski definition) is 5. The number of thiophene rings is 1. The van der Waals surface area contributed by atoms with E-state index in [9.17, 15) is 4.79 Å². The van der Waals surface area contributed by atoms with Gasteiger partial charge in [-0.15, -0.1) is 11.3 Å². The predicted octanol–water partition coefficient (Wildman–Crippen LogP) is 4.27. The molecule has 1 aromatic carbocycles. The summed E-state index contributed by atoms with van der Waals surface area (Å²) in [6.45, 7) is 4.75. The van der Waals surface area contributed by atoms with E-state index in [0.717, 1.165) is 10.6 Å². The fraction of sp³-hybridized carbons (Fsp3) is 0.263. The molecule has 0 bridgehead atoms. The summed E-state index contributed by atoms with van der Waals surface area (Å²) in [5.41, 5.74) is 1.34. The summed E-state index contributed by atoms with van der Waals surface area (Å²) in [7, 11) is 0. The molecule has 2 heterocycles. The smallest absolute Gasteiger partial charge is 0.273 e. The van der Waals surface area contributed by atoms with Gasteiger partial charge in [0.2, 0.25) is 0 Å². The van der Waals surface area contributed by atoms with Gasteiger partial charge in [-0.2, -0.15) is 0 Å². The molecule has 130 valence electrons. The average Bonchev–Trinajstić information content (AvgIpc) is 3.29. The first-order chi connectivity index (χ1) is 12.1. The van der Waals surface area contributed by atoms with Gasteiger partial charge < -0.3 is 15.2 Å². The minimum Gasteiger partial charge on any atom is -0.380 e. The zero-order valence-corrected chi connectivity index (χ0v) is 15.0. The molecule has 0 aliphatic heterocycles. The summed E-state index contributed by atoms with van der Waals surface area (Å²) in [5, 5.41) is 12.2. The van der Waals surface area contributed by atoms with E-state index in [4.69, 9.17) is 4.52 Å². The molecule has 2 aromatic heterocycles. The van der Waals surface area contributed by atoms with Crippen molar-refractivity contribution in [2.24, 2.45) is 5.92 Å². The van der Waals surface area contributed by atoms with Gasteiger partial charge in [0, 0.05) is 24.3 Å². The van der Waals surface area contributed by atoms with E-state index in [2.05, 4.69) is 29.6 Å². The molecule has 25 heavy (non-hydrogen) atoms. The lowest BCUT2D eigenvalue weighted by molar-refractivity contribution is 0.0941. The second-order valence-corrected chi connectivity index (χ2v) is 7.07. The van der Waals surface area contributed by atoms with Crippen LogP contribution in [0, 0.1) is 5.92 Å². The second kappa shape index (κ2) is 7.98. The van der Waals surface area contributed by atoms with Crippen molar-refractivity contribution in [2.45, 2.75) is 19.9 Å². The lowest BCUT2D eigenvalue weighted by atomic mass is 10.0. The topological polar surface area (TPSA) is 67.2 Å². The van der Waals surface area contributed by atoms with Gasteiger partial charge in [-0.3, -0.25) is 4.79 Å². The average molecular weight is 355 g/mol. The van der Waals surface area contributed by atoms with Gasteiger partial charge in [0.15, 0.2) is 11.5 Å². The van der Waals surface area contributed by atoms with Crippen molar-refractivity contribution in [3.63, 3.8) is 0 Å². The number of nitrogens with zero attached hydrogens (tertiary/aromatic N) is 1. The number of hydrogen-bond donors (Lipinski definition) is 2. The van der Waals surface area contributed by atoms with Gasteiger partial charge >= 0.3 is 0 Å². The lowest BCUT2D eigenvalue weighted by Gasteiger charge is -2.23. The van der Waals surface area contributed by atoms with Crippen LogP contribution < -0.4 is 10.6 Å². The molecule has 0 fully saturated rings. The van der Waals surface area contributed by atoms with Crippen LogP contribution >= 0.6 is 11.3 Å². The van der Waals surface area contributed by atoms with Crippen molar-refractivity contribution in [1.82, 2.24) is 10.5 Å². The Balaban J connectivity index is 1.60.